The van der Waals surface area contributed by atoms with Crippen molar-refractivity contribution in [1.82, 2.24) is 10.6 Å². The summed E-state index contributed by atoms with van der Waals surface area (Å²) >= 11 is 0. The SMILES string of the molecule is CC(CO)(NC(=O)NC1CCCCCCC1)C1CC1. The zero-order valence-electron chi connectivity index (χ0n) is 12.1. The van der Waals surface area contributed by atoms with Crippen molar-refractivity contribution in [3.05, 3.63) is 0 Å². The molecule has 110 valence electrons. The van der Waals surface area contributed by atoms with E-state index in [2.05, 4.69) is 10.6 Å². The van der Waals surface area contributed by atoms with E-state index < -0.39 is 5.54 Å². The van der Waals surface area contributed by atoms with Gasteiger partial charge in [-0.05, 0) is 38.5 Å². The summed E-state index contributed by atoms with van der Waals surface area (Å²) in [4.78, 5) is 12.1. The van der Waals surface area contributed by atoms with Crippen LogP contribution < -0.4 is 10.6 Å². The highest BCUT2D eigenvalue weighted by atomic mass is 16.3. The highest BCUT2D eigenvalue weighted by molar-refractivity contribution is 5.75. The number of hydrogen-bond acceptors (Lipinski definition) is 2. The highest BCUT2D eigenvalue weighted by Crippen LogP contribution is 2.39. The monoisotopic (exact) mass is 268 g/mol. The van der Waals surface area contributed by atoms with Crippen molar-refractivity contribution >= 4 is 6.03 Å². The third kappa shape index (κ3) is 4.37. The van der Waals surface area contributed by atoms with Crippen molar-refractivity contribution in [3.8, 4) is 0 Å². The maximum atomic E-state index is 12.1. The molecule has 3 N–H and O–H groups in total. The van der Waals surface area contributed by atoms with Crippen molar-refractivity contribution in [1.29, 1.82) is 0 Å². The van der Waals surface area contributed by atoms with E-state index >= 15 is 0 Å². The summed E-state index contributed by atoms with van der Waals surface area (Å²) in [6.07, 6.45) is 10.7. The van der Waals surface area contributed by atoms with E-state index in [-0.39, 0.29) is 12.6 Å². The van der Waals surface area contributed by atoms with E-state index in [1.54, 1.807) is 0 Å². The molecule has 0 aromatic heterocycles. The van der Waals surface area contributed by atoms with Crippen molar-refractivity contribution in [3.63, 3.8) is 0 Å². The minimum atomic E-state index is -0.439. The highest BCUT2D eigenvalue weighted by Gasteiger charge is 2.42. The topological polar surface area (TPSA) is 61.4 Å². The van der Waals surface area contributed by atoms with Gasteiger partial charge >= 0.3 is 6.03 Å². The van der Waals surface area contributed by atoms with Crippen LogP contribution in [0.4, 0.5) is 4.79 Å². The molecule has 2 rings (SSSR count). The molecule has 1 unspecified atom stereocenters. The Labute approximate surface area is 116 Å². The Morgan fingerprint density at radius 3 is 2.21 bits per heavy atom. The largest absolute Gasteiger partial charge is 0.394 e. The van der Waals surface area contributed by atoms with Crippen LogP contribution in [0.3, 0.4) is 0 Å². The molecule has 0 aromatic carbocycles. The van der Waals surface area contributed by atoms with Gasteiger partial charge in [0.25, 0.3) is 0 Å². The maximum Gasteiger partial charge on any atom is 0.315 e. The second kappa shape index (κ2) is 6.60. The molecule has 2 saturated carbocycles. The van der Waals surface area contributed by atoms with Gasteiger partial charge in [-0.25, -0.2) is 4.79 Å². The minimum Gasteiger partial charge on any atom is -0.394 e. The van der Waals surface area contributed by atoms with E-state index in [1.807, 2.05) is 6.92 Å². The van der Waals surface area contributed by atoms with Crippen LogP contribution in [0, 0.1) is 5.92 Å². The number of hydrogen-bond donors (Lipinski definition) is 3. The fourth-order valence-electron chi connectivity index (χ4n) is 3.07. The van der Waals surface area contributed by atoms with Crippen LogP contribution in [0.2, 0.25) is 0 Å². The third-order valence-electron chi connectivity index (χ3n) is 4.65. The molecule has 0 bridgehead atoms. The lowest BCUT2D eigenvalue weighted by Crippen LogP contribution is -2.55. The quantitative estimate of drug-likeness (QED) is 0.734. The summed E-state index contributed by atoms with van der Waals surface area (Å²) in [5.41, 5.74) is -0.439. The van der Waals surface area contributed by atoms with Gasteiger partial charge in [-0.3, -0.25) is 0 Å². The second-order valence-corrected chi connectivity index (χ2v) is 6.49. The number of urea groups is 1. The normalized spacial score (nSPS) is 24.9. The Kier molecular flexibility index (Phi) is 5.08. The van der Waals surface area contributed by atoms with Crippen LogP contribution in [-0.4, -0.2) is 29.3 Å². The van der Waals surface area contributed by atoms with Gasteiger partial charge in [0, 0.05) is 6.04 Å². The van der Waals surface area contributed by atoms with Gasteiger partial charge in [0.05, 0.1) is 12.1 Å². The molecule has 19 heavy (non-hydrogen) atoms. The van der Waals surface area contributed by atoms with Gasteiger partial charge < -0.3 is 15.7 Å². The van der Waals surface area contributed by atoms with E-state index in [4.69, 9.17) is 0 Å². The second-order valence-electron chi connectivity index (χ2n) is 6.49. The average Bonchev–Trinajstić information content (AvgIpc) is 3.16. The predicted molar refractivity (Wildman–Crippen MR) is 76.0 cm³/mol. The van der Waals surface area contributed by atoms with Crippen LogP contribution in [0.1, 0.15) is 64.7 Å². The van der Waals surface area contributed by atoms with Crippen molar-refractivity contribution in [2.75, 3.05) is 6.61 Å². The Bertz CT molecular complexity index is 297. The van der Waals surface area contributed by atoms with Crippen molar-refractivity contribution < 1.29 is 9.90 Å². The zero-order chi connectivity index (χ0) is 13.7. The predicted octanol–water partition coefficient (Wildman–Crippen LogP) is 2.56. The lowest BCUT2D eigenvalue weighted by atomic mass is 9.96. The van der Waals surface area contributed by atoms with Crippen molar-refractivity contribution in [2.24, 2.45) is 5.92 Å². The molecule has 0 radical (unpaired) electrons. The maximum absolute atomic E-state index is 12.1. The summed E-state index contributed by atoms with van der Waals surface area (Å²) in [6.45, 7) is 1.97. The molecule has 2 aliphatic carbocycles. The molecule has 2 amide bonds. The number of amides is 2. The zero-order valence-corrected chi connectivity index (χ0v) is 12.1. The molecule has 2 fully saturated rings. The van der Waals surface area contributed by atoms with E-state index in [1.165, 1.54) is 32.1 Å². The number of carbonyl (C=O) groups is 1. The Balaban J connectivity index is 1.78. The molecule has 0 aliphatic heterocycles. The standard InChI is InChI=1S/C15H28N2O2/c1-15(11-18,12-9-10-12)17-14(19)16-13-7-5-3-2-4-6-8-13/h12-13,18H,2-11H2,1H3,(H2,16,17,19). The molecule has 4 heteroatoms. The number of aliphatic hydroxyl groups is 1. The molecule has 4 nitrogen and oxygen atoms in total. The number of carbonyl (C=O) groups excluding carboxylic acids is 1. The first kappa shape index (κ1) is 14.6. The average molecular weight is 268 g/mol. The molecule has 0 saturated heterocycles. The van der Waals surface area contributed by atoms with Gasteiger partial charge in [0.1, 0.15) is 0 Å². The van der Waals surface area contributed by atoms with Gasteiger partial charge in [0.2, 0.25) is 0 Å². The van der Waals surface area contributed by atoms with Gasteiger partial charge in [-0.1, -0.05) is 32.1 Å². The fourth-order valence-corrected chi connectivity index (χ4v) is 3.07. The first-order valence-corrected chi connectivity index (χ1v) is 7.83. The fraction of sp³-hybridized carbons (Fsp3) is 0.933. The molecule has 0 spiro atoms. The summed E-state index contributed by atoms with van der Waals surface area (Å²) in [6, 6.07) is 0.205. The van der Waals surface area contributed by atoms with Gasteiger partial charge in [0.15, 0.2) is 0 Å². The van der Waals surface area contributed by atoms with Crippen LogP contribution in [-0.2, 0) is 0 Å². The molecule has 1 atom stereocenters. The summed E-state index contributed by atoms with van der Waals surface area (Å²) in [7, 11) is 0. The first-order chi connectivity index (χ1) is 9.14. The first-order valence-electron chi connectivity index (χ1n) is 7.83. The number of nitrogens with one attached hydrogen (secondary N) is 2. The minimum absolute atomic E-state index is 0.0236. The van der Waals surface area contributed by atoms with E-state index in [0.29, 0.717) is 12.0 Å². The number of aliphatic hydroxyl groups excluding tert-OH is 1. The molecular weight excluding hydrogens is 240 g/mol. The molecule has 0 heterocycles. The third-order valence-corrected chi connectivity index (χ3v) is 4.65. The Morgan fingerprint density at radius 2 is 1.68 bits per heavy atom. The lowest BCUT2D eigenvalue weighted by Gasteiger charge is -2.30. The molecule has 0 aromatic rings. The van der Waals surface area contributed by atoms with Gasteiger partial charge in [-0.15, -0.1) is 0 Å². The van der Waals surface area contributed by atoms with E-state index in [9.17, 15) is 9.90 Å². The van der Waals surface area contributed by atoms with Crippen LogP contribution in [0.5, 0.6) is 0 Å². The van der Waals surface area contributed by atoms with Gasteiger partial charge in [-0.2, -0.15) is 0 Å². The van der Waals surface area contributed by atoms with Crippen LogP contribution in [0.25, 0.3) is 0 Å². The summed E-state index contributed by atoms with van der Waals surface area (Å²) in [5.74, 6) is 0.445. The Hall–Kier alpha value is -0.770. The van der Waals surface area contributed by atoms with E-state index in [0.717, 1.165) is 25.7 Å². The lowest BCUT2D eigenvalue weighted by molar-refractivity contribution is 0.153. The molecule has 2 aliphatic rings. The Morgan fingerprint density at radius 1 is 1.11 bits per heavy atom. The summed E-state index contributed by atoms with van der Waals surface area (Å²) in [5, 5.41) is 15.6. The van der Waals surface area contributed by atoms with Crippen LogP contribution in [0.15, 0.2) is 0 Å². The number of rotatable bonds is 4. The van der Waals surface area contributed by atoms with Crippen molar-refractivity contribution in [2.45, 2.75) is 76.3 Å². The van der Waals surface area contributed by atoms with Crippen LogP contribution >= 0.6 is 0 Å². The molecular formula is C15H28N2O2. The smallest absolute Gasteiger partial charge is 0.315 e. The summed E-state index contributed by atoms with van der Waals surface area (Å²) < 4.78 is 0.